The SMILES string of the molecule is C/C=C(\NC)c1ccccc1CCCC. The van der Waals surface area contributed by atoms with E-state index in [9.17, 15) is 0 Å². The quantitative estimate of drug-likeness (QED) is 0.771. The van der Waals surface area contributed by atoms with Crippen molar-refractivity contribution >= 4 is 5.70 Å². The average molecular weight is 203 g/mol. The van der Waals surface area contributed by atoms with Gasteiger partial charge in [0.2, 0.25) is 0 Å². The van der Waals surface area contributed by atoms with Crippen LogP contribution in [0.4, 0.5) is 0 Å². The first kappa shape index (κ1) is 11.8. The molecule has 1 N–H and O–H groups in total. The van der Waals surface area contributed by atoms with Gasteiger partial charge in [-0.2, -0.15) is 0 Å². The molecule has 0 bridgehead atoms. The van der Waals surface area contributed by atoms with E-state index in [1.807, 2.05) is 7.05 Å². The largest absolute Gasteiger partial charge is 0.388 e. The van der Waals surface area contributed by atoms with Crippen molar-refractivity contribution in [1.82, 2.24) is 5.32 Å². The molecule has 0 atom stereocenters. The smallest absolute Gasteiger partial charge is 0.0370 e. The number of rotatable bonds is 5. The molecule has 1 heteroatoms. The summed E-state index contributed by atoms with van der Waals surface area (Å²) in [5.74, 6) is 0. The summed E-state index contributed by atoms with van der Waals surface area (Å²) in [4.78, 5) is 0. The highest BCUT2D eigenvalue weighted by molar-refractivity contribution is 5.66. The van der Waals surface area contributed by atoms with Gasteiger partial charge < -0.3 is 5.32 Å². The molecule has 1 aromatic carbocycles. The van der Waals surface area contributed by atoms with E-state index < -0.39 is 0 Å². The summed E-state index contributed by atoms with van der Waals surface area (Å²) >= 11 is 0. The lowest BCUT2D eigenvalue weighted by atomic mass is 9.99. The summed E-state index contributed by atoms with van der Waals surface area (Å²) in [5, 5.41) is 3.25. The zero-order valence-corrected chi connectivity index (χ0v) is 10.0. The van der Waals surface area contributed by atoms with Crippen molar-refractivity contribution in [2.24, 2.45) is 0 Å². The van der Waals surface area contributed by atoms with E-state index in [0.29, 0.717) is 0 Å². The molecule has 0 saturated heterocycles. The molecule has 15 heavy (non-hydrogen) atoms. The molecule has 1 aromatic rings. The van der Waals surface area contributed by atoms with Gasteiger partial charge in [-0.3, -0.25) is 0 Å². The third kappa shape index (κ3) is 3.12. The average Bonchev–Trinajstić information content (AvgIpc) is 2.29. The lowest BCUT2D eigenvalue weighted by Gasteiger charge is -2.12. The number of hydrogen-bond acceptors (Lipinski definition) is 1. The molecule has 82 valence electrons. The van der Waals surface area contributed by atoms with Crippen LogP contribution < -0.4 is 5.32 Å². The van der Waals surface area contributed by atoms with Crippen molar-refractivity contribution in [3.05, 3.63) is 41.5 Å². The van der Waals surface area contributed by atoms with Crippen LogP contribution in [-0.4, -0.2) is 7.05 Å². The minimum atomic E-state index is 1.17. The van der Waals surface area contributed by atoms with Crippen LogP contribution in [0.2, 0.25) is 0 Å². The van der Waals surface area contributed by atoms with E-state index >= 15 is 0 Å². The van der Waals surface area contributed by atoms with E-state index in [0.717, 1.165) is 0 Å². The first-order valence-electron chi connectivity index (χ1n) is 5.75. The summed E-state index contributed by atoms with van der Waals surface area (Å²) < 4.78 is 0. The second-order valence-electron chi connectivity index (χ2n) is 3.71. The molecule has 0 fully saturated rings. The Kier molecular flexibility index (Phi) is 4.96. The number of nitrogens with one attached hydrogen (secondary N) is 1. The molecular weight excluding hydrogens is 182 g/mol. The van der Waals surface area contributed by atoms with Crippen molar-refractivity contribution in [2.75, 3.05) is 7.05 Å². The summed E-state index contributed by atoms with van der Waals surface area (Å²) in [6.45, 7) is 4.31. The van der Waals surface area contributed by atoms with E-state index in [1.54, 1.807) is 0 Å². The molecule has 0 amide bonds. The summed E-state index contributed by atoms with van der Waals surface area (Å²) in [5.41, 5.74) is 4.01. The molecule has 1 nitrogen and oxygen atoms in total. The maximum absolute atomic E-state index is 3.25. The van der Waals surface area contributed by atoms with E-state index in [-0.39, 0.29) is 0 Å². The van der Waals surface area contributed by atoms with Crippen LogP contribution in [0.1, 0.15) is 37.8 Å². The van der Waals surface area contributed by atoms with Crippen LogP contribution in [0.15, 0.2) is 30.3 Å². The maximum atomic E-state index is 3.25. The lowest BCUT2D eigenvalue weighted by molar-refractivity contribution is 0.792. The predicted molar refractivity (Wildman–Crippen MR) is 67.8 cm³/mol. The predicted octanol–water partition coefficient (Wildman–Crippen LogP) is 3.61. The number of aryl methyl sites for hydroxylation is 1. The van der Waals surface area contributed by atoms with E-state index in [1.165, 1.54) is 36.1 Å². The van der Waals surface area contributed by atoms with E-state index in [2.05, 4.69) is 49.5 Å². The fourth-order valence-corrected chi connectivity index (χ4v) is 1.80. The molecule has 0 spiro atoms. The van der Waals surface area contributed by atoms with E-state index in [4.69, 9.17) is 0 Å². The second-order valence-corrected chi connectivity index (χ2v) is 3.71. The second kappa shape index (κ2) is 6.28. The molecule has 0 aromatic heterocycles. The van der Waals surface area contributed by atoms with Gasteiger partial charge in [0.1, 0.15) is 0 Å². The van der Waals surface area contributed by atoms with Gasteiger partial charge in [0.15, 0.2) is 0 Å². The Balaban J connectivity index is 2.95. The fourth-order valence-electron chi connectivity index (χ4n) is 1.80. The maximum Gasteiger partial charge on any atom is 0.0370 e. The van der Waals surface area contributed by atoms with Gasteiger partial charge in [0, 0.05) is 18.3 Å². The number of benzene rings is 1. The molecule has 0 radical (unpaired) electrons. The molecule has 0 unspecified atom stereocenters. The van der Waals surface area contributed by atoms with Crippen molar-refractivity contribution in [2.45, 2.75) is 33.1 Å². The highest BCUT2D eigenvalue weighted by Crippen LogP contribution is 2.18. The van der Waals surface area contributed by atoms with Gasteiger partial charge in [-0.05, 0) is 25.3 Å². The minimum absolute atomic E-state index is 1.17. The number of unbranched alkanes of at least 4 members (excludes halogenated alkanes) is 1. The molecular formula is C14H21N. The van der Waals surface area contributed by atoms with Crippen LogP contribution in [0, 0.1) is 0 Å². The highest BCUT2D eigenvalue weighted by atomic mass is 14.8. The fraction of sp³-hybridized carbons (Fsp3) is 0.429. The third-order valence-electron chi connectivity index (χ3n) is 2.67. The van der Waals surface area contributed by atoms with Gasteiger partial charge in [0.05, 0.1) is 0 Å². The number of allylic oxidation sites excluding steroid dienone is 1. The van der Waals surface area contributed by atoms with Crippen molar-refractivity contribution in [1.29, 1.82) is 0 Å². The highest BCUT2D eigenvalue weighted by Gasteiger charge is 2.04. The lowest BCUT2D eigenvalue weighted by Crippen LogP contribution is -2.06. The Morgan fingerprint density at radius 2 is 2.07 bits per heavy atom. The van der Waals surface area contributed by atoms with Gasteiger partial charge >= 0.3 is 0 Å². The summed E-state index contributed by atoms with van der Waals surface area (Å²) in [6.07, 6.45) is 5.81. The van der Waals surface area contributed by atoms with Gasteiger partial charge in [0.25, 0.3) is 0 Å². The molecule has 1 rings (SSSR count). The van der Waals surface area contributed by atoms with Crippen LogP contribution in [-0.2, 0) is 6.42 Å². The van der Waals surface area contributed by atoms with Crippen LogP contribution >= 0.6 is 0 Å². The zero-order chi connectivity index (χ0) is 11.1. The van der Waals surface area contributed by atoms with Crippen LogP contribution in [0.25, 0.3) is 5.70 Å². The molecule has 0 aliphatic carbocycles. The Hall–Kier alpha value is -1.24. The Labute approximate surface area is 93.2 Å². The van der Waals surface area contributed by atoms with Gasteiger partial charge in [-0.1, -0.05) is 43.7 Å². The van der Waals surface area contributed by atoms with Crippen molar-refractivity contribution in [3.63, 3.8) is 0 Å². The zero-order valence-electron chi connectivity index (χ0n) is 10.0. The Bertz CT molecular complexity index is 326. The molecule has 0 aliphatic heterocycles. The first-order valence-corrected chi connectivity index (χ1v) is 5.75. The monoisotopic (exact) mass is 203 g/mol. The van der Waals surface area contributed by atoms with Crippen molar-refractivity contribution in [3.8, 4) is 0 Å². The standard InChI is InChI=1S/C14H21N/c1-4-6-9-12-10-7-8-11-13(12)14(5-2)15-3/h5,7-8,10-11,15H,4,6,9H2,1-3H3/b14-5-. The Morgan fingerprint density at radius 3 is 2.67 bits per heavy atom. The minimum Gasteiger partial charge on any atom is -0.388 e. The molecule has 0 heterocycles. The van der Waals surface area contributed by atoms with Crippen molar-refractivity contribution < 1.29 is 0 Å². The van der Waals surface area contributed by atoms with Gasteiger partial charge in [-0.25, -0.2) is 0 Å². The van der Waals surface area contributed by atoms with Crippen LogP contribution in [0.3, 0.4) is 0 Å². The Morgan fingerprint density at radius 1 is 1.33 bits per heavy atom. The topological polar surface area (TPSA) is 12.0 Å². The van der Waals surface area contributed by atoms with Gasteiger partial charge in [-0.15, -0.1) is 0 Å². The third-order valence-corrected chi connectivity index (χ3v) is 2.67. The summed E-state index contributed by atoms with van der Waals surface area (Å²) in [7, 11) is 1.98. The molecule has 0 aliphatic rings. The molecule has 0 saturated carbocycles. The summed E-state index contributed by atoms with van der Waals surface area (Å²) in [6, 6.07) is 8.64. The first-order chi connectivity index (χ1) is 7.33. The normalized spacial score (nSPS) is 11.5. The van der Waals surface area contributed by atoms with Crippen LogP contribution in [0.5, 0.6) is 0 Å². The number of hydrogen-bond donors (Lipinski definition) is 1.